The number of aliphatic hydroxyl groups is 1. The van der Waals surface area contributed by atoms with Gasteiger partial charge in [-0.2, -0.15) is 5.26 Å². The van der Waals surface area contributed by atoms with Crippen molar-refractivity contribution in [2.45, 2.75) is 39.4 Å². The second-order valence-electron chi connectivity index (χ2n) is 11.2. The molecule has 1 aromatic heterocycles. The average Bonchev–Trinajstić information content (AvgIpc) is 3.48. The van der Waals surface area contributed by atoms with Crippen LogP contribution in [0.5, 0.6) is 11.5 Å². The molecule has 7 nitrogen and oxygen atoms in total. The molecule has 0 amide bonds. The molecule has 4 aromatic rings. The van der Waals surface area contributed by atoms with Gasteiger partial charge in [0.25, 0.3) is 0 Å². The number of β-amino-alcohol motifs (C(OH)–C–C–N with tert-alkyl or cyclic N) is 1. The zero-order chi connectivity index (χ0) is 31.8. The third-order valence-corrected chi connectivity index (χ3v) is 8.09. The Morgan fingerprint density at radius 3 is 2.60 bits per heavy atom. The van der Waals surface area contributed by atoms with E-state index in [9.17, 15) is 9.90 Å². The van der Waals surface area contributed by atoms with Crippen LogP contribution < -0.4 is 9.47 Å². The van der Waals surface area contributed by atoms with E-state index >= 15 is 4.39 Å². The first kappa shape index (κ1) is 31.6. The topological polar surface area (TPSA) is 95.7 Å². The van der Waals surface area contributed by atoms with Gasteiger partial charge < -0.3 is 19.5 Å². The maximum atomic E-state index is 15.7. The molecule has 1 atom stereocenters. The van der Waals surface area contributed by atoms with Gasteiger partial charge in [0.2, 0.25) is 0 Å². The number of halogens is 1. The summed E-state index contributed by atoms with van der Waals surface area (Å²) in [6, 6.07) is 20.1. The third kappa shape index (κ3) is 7.82. The van der Waals surface area contributed by atoms with Gasteiger partial charge in [-0.15, -0.1) is 0 Å². The minimum atomic E-state index is -0.468. The minimum Gasteiger partial charge on any atom is -0.493 e. The van der Waals surface area contributed by atoms with Gasteiger partial charge in [0.15, 0.2) is 6.29 Å². The van der Waals surface area contributed by atoms with Crippen molar-refractivity contribution in [2.75, 3.05) is 26.2 Å². The van der Waals surface area contributed by atoms with Crippen LogP contribution in [0.3, 0.4) is 0 Å². The van der Waals surface area contributed by atoms with E-state index in [2.05, 4.69) is 9.88 Å². The Morgan fingerprint density at radius 2 is 1.84 bits per heavy atom. The fourth-order valence-corrected chi connectivity index (χ4v) is 5.56. The minimum absolute atomic E-state index is 0.0734. The maximum Gasteiger partial charge on any atom is 0.153 e. The van der Waals surface area contributed by atoms with Crippen LogP contribution in [-0.2, 0) is 6.61 Å². The van der Waals surface area contributed by atoms with Crippen molar-refractivity contribution < 1.29 is 23.8 Å². The molecule has 0 radical (unpaired) electrons. The predicted molar refractivity (Wildman–Crippen MR) is 173 cm³/mol. The first-order chi connectivity index (χ1) is 21.9. The molecule has 1 N–H and O–H groups in total. The number of aromatic nitrogens is 1. The molecule has 5 rings (SSSR count). The Kier molecular flexibility index (Phi) is 10.4. The highest BCUT2D eigenvalue weighted by atomic mass is 19.1. The predicted octanol–water partition coefficient (Wildman–Crippen LogP) is 6.93. The van der Waals surface area contributed by atoms with Crippen LogP contribution >= 0.6 is 0 Å². The van der Waals surface area contributed by atoms with Crippen LogP contribution in [0, 0.1) is 25.2 Å². The molecular formula is C37H36FN3O4. The zero-order valence-corrected chi connectivity index (χ0v) is 25.5. The summed E-state index contributed by atoms with van der Waals surface area (Å²) in [6.07, 6.45) is 6.68. The average molecular weight is 606 g/mol. The second-order valence-corrected chi connectivity index (χ2v) is 11.2. The van der Waals surface area contributed by atoms with Crippen molar-refractivity contribution >= 4 is 18.2 Å². The van der Waals surface area contributed by atoms with Gasteiger partial charge in [-0.3, -0.25) is 9.78 Å². The lowest BCUT2D eigenvalue weighted by Gasteiger charge is -2.17. The molecule has 230 valence electrons. The first-order valence-electron chi connectivity index (χ1n) is 15.0. The summed E-state index contributed by atoms with van der Waals surface area (Å²) in [5.74, 6) is 0.591. The van der Waals surface area contributed by atoms with Gasteiger partial charge >= 0.3 is 0 Å². The van der Waals surface area contributed by atoms with Crippen molar-refractivity contribution in [3.8, 4) is 28.7 Å². The van der Waals surface area contributed by atoms with Crippen molar-refractivity contribution in [3.63, 3.8) is 0 Å². The SMILES string of the molecule is Cc1c(/C=C(\F)c2ccc(C=O)c(OCc3cncc(C#N)c3)c2)cccc1-c1cccc(OCCCN2CC[C@@H](O)C2)c1C. The summed E-state index contributed by atoms with van der Waals surface area (Å²) in [6.45, 7) is 7.22. The number of hydrogen-bond donors (Lipinski definition) is 1. The summed E-state index contributed by atoms with van der Waals surface area (Å²) >= 11 is 0. The Hall–Kier alpha value is -4.84. The monoisotopic (exact) mass is 605 g/mol. The van der Waals surface area contributed by atoms with E-state index < -0.39 is 5.83 Å². The number of carbonyl (C=O) groups excluding carboxylic acids is 1. The van der Waals surface area contributed by atoms with Gasteiger partial charge in [0.05, 0.1) is 23.8 Å². The van der Waals surface area contributed by atoms with Crippen LogP contribution in [0.2, 0.25) is 0 Å². The number of nitriles is 1. The summed E-state index contributed by atoms with van der Waals surface area (Å²) < 4.78 is 27.7. The van der Waals surface area contributed by atoms with E-state index in [0.29, 0.717) is 29.6 Å². The fourth-order valence-electron chi connectivity index (χ4n) is 5.56. The molecule has 1 fully saturated rings. The Labute approximate surface area is 263 Å². The summed E-state index contributed by atoms with van der Waals surface area (Å²) in [7, 11) is 0. The highest BCUT2D eigenvalue weighted by molar-refractivity contribution is 5.85. The lowest BCUT2D eigenvalue weighted by Crippen LogP contribution is -2.24. The van der Waals surface area contributed by atoms with E-state index in [1.54, 1.807) is 18.3 Å². The quantitative estimate of drug-likeness (QED) is 0.106. The molecule has 1 aliphatic heterocycles. The normalized spacial score (nSPS) is 15.1. The number of likely N-dealkylation sites (tertiary alicyclic amines) is 1. The lowest BCUT2D eigenvalue weighted by atomic mass is 9.93. The van der Waals surface area contributed by atoms with Gasteiger partial charge in [-0.25, -0.2) is 4.39 Å². The summed E-state index contributed by atoms with van der Waals surface area (Å²) in [5.41, 5.74) is 6.30. The number of ether oxygens (including phenoxy) is 2. The van der Waals surface area contributed by atoms with Crippen LogP contribution in [0.25, 0.3) is 23.0 Å². The molecular weight excluding hydrogens is 569 g/mol. The Morgan fingerprint density at radius 1 is 1.04 bits per heavy atom. The van der Waals surface area contributed by atoms with Crippen molar-refractivity contribution in [1.29, 1.82) is 5.26 Å². The van der Waals surface area contributed by atoms with Gasteiger partial charge in [0.1, 0.15) is 30.0 Å². The standard InChI is InChI=1S/C37H36FN3O4/c1-25-29(17-35(38)30-10-11-31(23-42)37(18-30)45-24-28-16-27(19-39)20-40-21-28)6-3-7-33(25)34-8-4-9-36(26(34)2)44-15-5-13-41-14-12-32(43)22-41/h3-4,6-11,16-18,20-21,23,32,43H,5,12-15,22,24H2,1-2H3/b35-17-/t32-/m1/s1. The molecule has 0 unspecified atom stereocenters. The largest absolute Gasteiger partial charge is 0.493 e. The van der Waals surface area contributed by atoms with E-state index in [-0.39, 0.29) is 24.0 Å². The molecule has 45 heavy (non-hydrogen) atoms. The van der Waals surface area contributed by atoms with E-state index in [4.69, 9.17) is 14.7 Å². The van der Waals surface area contributed by atoms with Crippen LogP contribution in [0.4, 0.5) is 4.39 Å². The highest BCUT2D eigenvalue weighted by Gasteiger charge is 2.19. The van der Waals surface area contributed by atoms with Crippen molar-refractivity contribution in [1.82, 2.24) is 9.88 Å². The van der Waals surface area contributed by atoms with Gasteiger partial charge in [-0.05, 0) is 84.8 Å². The summed E-state index contributed by atoms with van der Waals surface area (Å²) in [4.78, 5) is 17.9. The maximum absolute atomic E-state index is 15.7. The Bertz CT molecular complexity index is 1750. The number of rotatable bonds is 12. The van der Waals surface area contributed by atoms with Gasteiger partial charge in [0, 0.05) is 43.2 Å². The number of pyridine rings is 1. The molecule has 8 heteroatoms. The molecule has 1 aliphatic rings. The van der Waals surface area contributed by atoms with E-state index in [1.165, 1.54) is 24.4 Å². The van der Waals surface area contributed by atoms with Crippen LogP contribution in [-0.4, -0.2) is 53.6 Å². The highest BCUT2D eigenvalue weighted by Crippen LogP contribution is 2.35. The number of aldehydes is 1. The fraction of sp³-hybridized carbons (Fsp3) is 0.270. The first-order valence-corrected chi connectivity index (χ1v) is 15.0. The number of hydrogen-bond acceptors (Lipinski definition) is 7. The third-order valence-electron chi connectivity index (χ3n) is 8.09. The molecule has 3 aromatic carbocycles. The number of aliphatic hydroxyl groups excluding tert-OH is 1. The molecule has 2 heterocycles. The van der Waals surface area contributed by atoms with Crippen LogP contribution in [0.1, 0.15) is 56.6 Å². The molecule has 1 saturated heterocycles. The van der Waals surface area contributed by atoms with Gasteiger partial charge in [-0.1, -0.05) is 36.4 Å². The number of carbonyl (C=O) groups is 1. The zero-order valence-electron chi connectivity index (χ0n) is 25.5. The van der Waals surface area contributed by atoms with E-state index in [1.807, 2.05) is 56.3 Å². The van der Waals surface area contributed by atoms with Crippen LogP contribution in [0.15, 0.2) is 73.1 Å². The molecule has 0 saturated carbocycles. The molecule has 0 bridgehead atoms. The number of nitrogens with zero attached hydrogens (tertiary/aromatic N) is 3. The van der Waals surface area contributed by atoms with Crippen molar-refractivity contribution in [3.05, 3.63) is 112 Å². The van der Waals surface area contributed by atoms with E-state index in [0.717, 1.165) is 66.0 Å². The summed E-state index contributed by atoms with van der Waals surface area (Å²) in [5, 5.41) is 18.8. The van der Waals surface area contributed by atoms with Crippen molar-refractivity contribution in [2.24, 2.45) is 0 Å². The molecule has 0 spiro atoms. The Balaban J connectivity index is 1.32. The lowest BCUT2D eigenvalue weighted by molar-refractivity contribution is 0.111. The smallest absolute Gasteiger partial charge is 0.153 e. The molecule has 0 aliphatic carbocycles. The number of benzene rings is 3. The second kappa shape index (κ2) is 14.8.